The summed E-state index contributed by atoms with van der Waals surface area (Å²) in [7, 11) is -4.19. The third kappa shape index (κ3) is 3.90. The first kappa shape index (κ1) is 17.0. The van der Waals surface area contributed by atoms with Crippen molar-refractivity contribution in [3.8, 4) is 5.75 Å². The lowest BCUT2D eigenvalue weighted by Crippen LogP contribution is -2.53. The number of ether oxygens (including phenoxy) is 1. The van der Waals surface area contributed by atoms with Crippen molar-refractivity contribution in [3.63, 3.8) is 0 Å². The van der Waals surface area contributed by atoms with Gasteiger partial charge in [0, 0.05) is 12.1 Å². The molecule has 0 heterocycles. The molecule has 1 unspecified atom stereocenters. The molecule has 0 aromatic heterocycles. The summed E-state index contributed by atoms with van der Waals surface area (Å²) in [4.78, 5) is -0.562. The van der Waals surface area contributed by atoms with Crippen LogP contribution in [0.1, 0.15) is 19.8 Å². The molecule has 0 bridgehead atoms. The normalized spacial score (nSPS) is 18.8. The molecule has 1 aliphatic rings. The van der Waals surface area contributed by atoms with E-state index >= 15 is 0 Å². The van der Waals surface area contributed by atoms with Crippen molar-refractivity contribution < 1.29 is 26.3 Å². The van der Waals surface area contributed by atoms with Crippen LogP contribution in [0.3, 0.4) is 0 Å². The van der Waals surface area contributed by atoms with Crippen LogP contribution in [0.25, 0.3) is 0 Å². The van der Waals surface area contributed by atoms with Crippen molar-refractivity contribution in [1.29, 1.82) is 0 Å². The average Bonchev–Trinajstić information content (AvgIpc) is 3.21. The van der Waals surface area contributed by atoms with Crippen LogP contribution in [-0.2, 0) is 10.0 Å². The number of nitrogens with two attached hydrogens (primary N) is 1. The smallest absolute Gasteiger partial charge is 0.404 e. The highest BCUT2D eigenvalue weighted by molar-refractivity contribution is 7.89. The van der Waals surface area contributed by atoms with Crippen LogP contribution in [-0.4, -0.2) is 26.9 Å². The monoisotopic (exact) mass is 338 g/mol. The summed E-state index contributed by atoms with van der Waals surface area (Å²) in [5, 5.41) is 0. The summed E-state index contributed by atoms with van der Waals surface area (Å²) in [5.41, 5.74) is 4.75. The topological polar surface area (TPSA) is 81.4 Å². The molecule has 9 heteroatoms. The molecule has 5 nitrogen and oxygen atoms in total. The summed E-state index contributed by atoms with van der Waals surface area (Å²) < 4.78 is 68.3. The fourth-order valence-corrected chi connectivity index (χ4v) is 3.86. The van der Waals surface area contributed by atoms with Gasteiger partial charge in [0.05, 0.1) is 0 Å². The second kappa shape index (κ2) is 5.71. The van der Waals surface area contributed by atoms with Crippen molar-refractivity contribution in [1.82, 2.24) is 4.72 Å². The number of sulfonamides is 1. The Bertz CT molecular complexity index is 644. The Morgan fingerprint density at radius 2 is 1.91 bits per heavy atom. The van der Waals surface area contributed by atoms with E-state index in [-0.39, 0.29) is 12.5 Å². The van der Waals surface area contributed by atoms with Crippen molar-refractivity contribution in [2.75, 3.05) is 6.54 Å². The van der Waals surface area contributed by atoms with Gasteiger partial charge in [0.25, 0.3) is 0 Å². The van der Waals surface area contributed by atoms with Crippen LogP contribution in [0.2, 0.25) is 0 Å². The summed E-state index contributed by atoms with van der Waals surface area (Å²) in [6.45, 7) is 1.70. The van der Waals surface area contributed by atoms with E-state index in [1.54, 1.807) is 6.92 Å². The molecular weight excluding hydrogens is 321 g/mol. The Morgan fingerprint density at radius 3 is 2.41 bits per heavy atom. The first-order valence-electron chi connectivity index (χ1n) is 6.66. The van der Waals surface area contributed by atoms with Crippen LogP contribution >= 0.6 is 0 Å². The number of para-hydroxylation sites is 1. The Labute approximate surface area is 126 Å². The zero-order valence-electron chi connectivity index (χ0n) is 11.9. The Hall–Kier alpha value is -1.32. The van der Waals surface area contributed by atoms with Crippen molar-refractivity contribution in [2.45, 2.75) is 36.6 Å². The quantitative estimate of drug-likeness (QED) is 0.831. The molecule has 1 fully saturated rings. The number of halogens is 3. The molecule has 0 radical (unpaired) electrons. The molecule has 22 heavy (non-hydrogen) atoms. The van der Waals surface area contributed by atoms with Gasteiger partial charge in [0.15, 0.2) is 0 Å². The minimum absolute atomic E-state index is 0.0548. The number of alkyl halides is 3. The minimum Gasteiger partial charge on any atom is -0.404 e. The third-order valence-corrected chi connectivity index (χ3v) is 5.29. The largest absolute Gasteiger partial charge is 0.573 e. The number of rotatable bonds is 6. The number of hydrogen-bond donors (Lipinski definition) is 2. The van der Waals surface area contributed by atoms with E-state index in [1.807, 2.05) is 0 Å². The van der Waals surface area contributed by atoms with Crippen molar-refractivity contribution >= 4 is 10.0 Å². The van der Waals surface area contributed by atoms with E-state index in [0.29, 0.717) is 0 Å². The highest BCUT2D eigenvalue weighted by Crippen LogP contribution is 2.40. The SMILES string of the molecule is CC(CN)(NS(=O)(=O)c1ccccc1OC(F)(F)F)C1CC1. The van der Waals surface area contributed by atoms with Gasteiger partial charge in [-0.3, -0.25) is 0 Å². The molecule has 1 aromatic carbocycles. The fraction of sp³-hybridized carbons (Fsp3) is 0.538. The Kier molecular flexibility index (Phi) is 4.42. The number of benzene rings is 1. The predicted octanol–water partition coefficient (Wildman–Crippen LogP) is 1.99. The van der Waals surface area contributed by atoms with Gasteiger partial charge < -0.3 is 10.5 Å². The maximum Gasteiger partial charge on any atom is 0.573 e. The van der Waals surface area contributed by atoms with Gasteiger partial charge in [-0.2, -0.15) is 0 Å². The zero-order valence-corrected chi connectivity index (χ0v) is 12.7. The molecule has 1 saturated carbocycles. The molecule has 0 spiro atoms. The van der Waals surface area contributed by atoms with Gasteiger partial charge in [-0.1, -0.05) is 12.1 Å². The van der Waals surface area contributed by atoms with Crippen LogP contribution in [0.15, 0.2) is 29.2 Å². The lowest BCUT2D eigenvalue weighted by molar-refractivity contribution is -0.275. The standard InChI is InChI=1S/C13H17F3N2O3S/c1-12(8-17,9-6-7-9)18-22(19,20)11-5-3-2-4-10(11)21-13(14,15)16/h2-5,9,18H,6-8,17H2,1H3. The first-order valence-corrected chi connectivity index (χ1v) is 8.14. The zero-order chi connectivity index (χ0) is 16.6. The average molecular weight is 338 g/mol. The second-order valence-corrected chi connectivity index (χ2v) is 7.15. The number of nitrogens with one attached hydrogen (secondary N) is 1. The summed E-state index contributed by atoms with van der Waals surface area (Å²) >= 11 is 0. The molecule has 0 amide bonds. The van der Waals surface area contributed by atoms with E-state index in [0.717, 1.165) is 25.0 Å². The Balaban J connectivity index is 2.33. The van der Waals surface area contributed by atoms with Crippen LogP contribution < -0.4 is 15.2 Å². The van der Waals surface area contributed by atoms with Crippen LogP contribution in [0.5, 0.6) is 5.75 Å². The van der Waals surface area contributed by atoms with E-state index in [2.05, 4.69) is 9.46 Å². The number of hydrogen-bond acceptors (Lipinski definition) is 4. The maximum atomic E-state index is 12.4. The van der Waals surface area contributed by atoms with Gasteiger partial charge >= 0.3 is 6.36 Å². The molecule has 0 saturated heterocycles. The van der Waals surface area contributed by atoms with Gasteiger partial charge in [-0.25, -0.2) is 13.1 Å². The molecule has 1 aliphatic carbocycles. The predicted molar refractivity (Wildman–Crippen MR) is 73.6 cm³/mol. The van der Waals surface area contributed by atoms with Crippen molar-refractivity contribution in [2.24, 2.45) is 11.7 Å². The van der Waals surface area contributed by atoms with Gasteiger partial charge in [0.2, 0.25) is 10.0 Å². The lowest BCUT2D eigenvalue weighted by atomic mass is 9.98. The Morgan fingerprint density at radius 1 is 1.32 bits per heavy atom. The first-order chi connectivity index (χ1) is 10.1. The van der Waals surface area contributed by atoms with E-state index in [9.17, 15) is 21.6 Å². The van der Waals surface area contributed by atoms with Gasteiger partial charge in [-0.05, 0) is 37.8 Å². The molecule has 2 rings (SSSR count). The molecular formula is C13H17F3N2O3S. The highest BCUT2D eigenvalue weighted by Gasteiger charge is 2.44. The van der Waals surface area contributed by atoms with Gasteiger partial charge in [-0.15, -0.1) is 13.2 Å². The van der Waals surface area contributed by atoms with Gasteiger partial charge in [0.1, 0.15) is 10.6 Å². The summed E-state index contributed by atoms with van der Waals surface area (Å²) in [6.07, 6.45) is -3.31. The van der Waals surface area contributed by atoms with E-state index in [1.165, 1.54) is 12.1 Å². The lowest BCUT2D eigenvalue weighted by Gasteiger charge is -2.29. The minimum atomic E-state index is -4.97. The molecule has 0 aliphatic heterocycles. The maximum absolute atomic E-state index is 12.4. The molecule has 1 atom stereocenters. The summed E-state index contributed by atoms with van der Waals surface area (Å²) in [6, 6.07) is 4.62. The summed E-state index contributed by atoms with van der Waals surface area (Å²) in [5.74, 6) is -0.680. The van der Waals surface area contributed by atoms with E-state index < -0.39 is 32.6 Å². The molecule has 3 N–H and O–H groups in total. The van der Waals surface area contributed by atoms with Crippen LogP contribution in [0, 0.1) is 5.92 Å². The van der Waals surface area contributed by atoms with Crippen molar-refractivity contribution in [3.05, 3.63) is 24.3 Å². The van der Waals surface area contributed by atoms with E-state index in [4.69, 9.17) is 5.73 Å². The molecule has 124 valence electrons. The second-order valence-electron chi connectivity index (χ2n) is 5.50. The third-order valence-electron chi connectivity index (χ3n) is 3.63. The van der Waals surface area contributed by atoms with Crippen LogP contribution in [0.4, 0.5) is 13.2 Å². The molecule has 1 aromatic rings. The fourth-order valence-electron chi connectivity index (χ4n) is 2.26. The highest BCUT2D eigenvalue weighted by atomic mass is 32.2.